The number of alkyl halides is 2. The molecule has 0 spiro atoms. The Morgan fingerprint density at radius 3 is 2.11 bits per heavy atom. The number of aliphatic hydroxyl groups excluding tert-OH is 1. The topological polar surface area (TPSA) is 20.2 Å². The van der Waals surface area contributed by atoms with Gasteiger partial charge < -0.3 is 5.11 Å². The molecule has 1 nitrogen and oxygen atoms in total. The molecular formula is C15H13F3O. The fraction of sp³-hybridized carbons (Fsp3) is 0.200. The zero-order chi connectivity index (χ0) is 14.0. The largest absolute Gasteiger partial charge is 0.384 e. The van der Waals surface area contributed by atoms with Gasteiger partial charge in [0.1, 0.15) is 11.9 Å². The highest BCUT2D eigenvalue weighted by atomic mass is 19.3. The number of hydrogen-bond donors (Lipinski definition) is 1. The van der Waals surface area contributed by atoms with E-state index < -0.39 is 18.3 Å². The molecule has 2 aromatic carbocycles. The number of aliphatic hydroxyl groups is 1. The molecule has 0 amide bonds. The average molecular weight is 266 g/mol. The van der Waals surface area contributed by atoms with Gasteiger partial charge >= 0.3 is 0 Å². The molecule has 2 rings (SSSR count). The van der Waals surface area contributed by atoms with Gasteiger partial charge in [-0.25, -0.2) is 13.2 Å². The van der Waals surface area contributed by atoms with E-state index in [9.17, 15) is 18.3 Å². The lowest BCUT2D eigenvalue weighted by molar-refractivity contribution is 0.151. The Balaban J connectivity index is 2.33. The molecule has 0 aromatic heterocycles. The van der Waals surface area contributed by atoms with Crippen molar-refractivity contribution in [2.75, 3.05) is 0 Å². The summed E-state index contributed by atoms with van der Waals surface area (Å²) in [6.07, 6.45) is -3.71. The van der Waals surface area contributed by atoms with E-state index in [1.54, 1.807) is 19.1 Å². The maximum absolute atomic E-state index is 13.6. The first kappa shape index (κ1) is 13.6. The van der Waals surface area contributed by atoms with E-state index in [1.807, 2.05) is 0 Å². The fourth-order valence-electron chi connectivity index (χ4n) is 1.88. The fourth-order valence-corrected chi connectivity index (χ4v) is 1.88. The summed E-state index contributed by atoms with van der Waals surface area (Å²) in [5.74, 6) is -0.518. The van der Waals surface area contributed by atoms with Crippen molar-refractivity contribution in [1.29, 1.82) is 0 Å². The average Bonchev–Trinajstić information content (AvgIpc) is 2.41. The molecular weight excluding hydrogens is 253 g/mol. The van der Waals surface area contributed by atoms with Gasteiger partial charge in [-0.15, -0.1) is 0 Å². The van der Waals surface area contributed by atoms with Crippen molar-refractivity contribution in [1.82, 2.24) is 0 Å². The third kappa shape index (κ3) is 2.96. The van der Waals surface area contributed by atoms with Crippen molar-refractivity contribution in [3.05, 3.63) is 70.5 Å². The van der Waals surface area contributed by atoms with Crippen LogP contribution in [0.15, 0.2) is 42.5 Å². The molecule has 19 heavy (non-hydrogen) atoms. The smallest absolute Gasteiger partial charge is 0.263 e. The molecule has 1 atom stereocenters. The summed E-state index contributed by atoms with van der Waals surface area (Å²) < 4.78 is 38.5. The van der Waals surface area contributed by atoms with Crippen molar-refractivity contribution in [2.24, 2.45) is 0 Å². The lowest BCUT2D eigenvalue weighted by Crippen LogP contribution is -2.03. The van der Waals surface area contributed by atoms with Gasteiger partial charge in [-0.2, -0.15) is 0 Å². The molecule has 1 unspecified atom stereocenters. The number of hydrogen-bond acceptors (Lipinski definition) is 1. The van der Waals surface area contributed by atoms with Crippen molar-refractivity contribution >= 4 is 0 Å². The molecule has 0 heterocycles. The summed E-state index contributed by atoms with van der Waals surface area (Å²) in [5, 5.41) is 10.1. The van der Waals surface area contributed by atoms with Crippen molar-refractivity contribution < 1.29 is 18.3 Å². The van der Waals surface area contributed by atoms with Crippen LogP contribution < -0.4 is 0 Å². The van der Waals surface area contributed by atoms with Gasteiger partial charge in [-0.3, -0.25) is 0 Å². The molecule has 0 saturated heterocycles. The van der Waals surface area contributed by atoms with Crippen LogP contribution in [-0.2, 0) is 0 Å². The van der Waals surface area contributed by atoms with Gasteiger partial charge in [-0.05, 0) is 18.6 Å². The minimum Gasteiger partial charge on any atom is -0.384 e. The second-order valence-electron chi connectivity index (χ2n) is 4.39. The van der Waals surface area contributed by atoms with E-state index in [2.05, 4.69) is 0 Å². The molecule has 0 saturated carbocycles. The minimum absolute atomic E-state index is 0.124. The van der Waals surface area contributed by atoms with Gasteiger partial charge in [0, 0.05) is 11.1 Å². The first-order valence-corrected chi connectivity index (χ1v) is 5.81. The molecule has 0 bridgehead atoms. The second kappa shape index (κ2) is 5.45. The number of benzene rings is 2. The van der Waals surface area contributed by atoms with Gasteiger partial charge in [0.05, 0.1) is 0 Å². The SMILES string of the molecule is Cc1ccc(F)c(C(O)c2ccc(C(F)F)cc2)c1. The van der Waals surface area contributed by atoms with Crippen LogP contribution in [0.4, 0.5) is 13.2 Å². The van der Waals surface area contributed by atoms with Gasteiger partial charge in [-0.1, -0.05) is 42.0 Å². The minimum atomic E-state index is -2.55. The molecule has 0 aliphatic rings. The highest BCUT2D eigenvalue weighted by Crippen LogP contribution is 2.27. The van der Waals surface area contributed by atoms with E-state index >= 15 is 0 Å². The maximum Gasteiger partial charge on any atom is 0.263 e. The normalized spacial score (nSPS) is 12.7. The molecule has 0 aliphatic carbocycles. The van der Waals surface area contributed by atoms with Crippen molar-refractivity contribution in [3.63, 3.8) is 0 Å². The van der Waals surface area contributed by atoms with Gasteiger partial charge in [0.15, 0.2) is 0 Å². The number of aryl methyl sites for hydroxylation is 1. The van der Waals surface area contributed by atoms with Crippen LogP contribution in [0.25, 0.3) is 0 Å². The summed E-state index contributed by atoms with van der Waals surface area (Å²) >= 11 is 0. The second-order valence-corrected chi connectivity index (χ2v) is 4.39. The maximum atomic E-state index is 13.6. The van der Waals surface area contributed by atoms with Gasteiger partial charge in [0.25, 0.3) is 6.43 Å². The highest BCUT2D eigenvalue weighted by molar-refractivity contribution is 5.34. The quantitative estimate of drug-likeness (QED) is 0.884. The summed E-state index contributed by atoms with van der Waals surface area (Å²) in [7, 11) is 0. The summed E-state index contributed by atoms with van der Waals surface area (Å²) in [6, 6.07) is 9.66. The third-order valence-corrected chi connectivity index (χ3v) is 2.95. The van der Waals surface area contributed by atoms with Crippen LogP contribution in [0.3, 0.4) is 0 Å². The van der Waals surface area contributed by atoms with Gasteiger partial charge in [0.2, 0.25) is 0 Å². The standard InChI is InChI=1S/C15H13F3O/c1-9-2-7-13(16)12(8-9)14(19)10-3-5-11(6-4-10)15(17)18/h2-8,14-15,19H,1H3. The summed E-state index contributed by atoms with van der Waals surface area (Å²) in [4.78, 5) is 0. The Morgan fingerprint density at radius 1 is 0.947 bits per heavy atom. The van der Waals surface area contributed by atoms with Crippen molar-refractivity contribution in [2.45, 2.75) is 19.5 Å². The molecule has 0 fully saturated rings. The predicted octanol–water partition coefficient (Wildman–Crippen LogP) is 4.15. The van der Waals surface area contributed by atoms with Crippen LogP contribution >= 0.6 is 0 Å². The van der Waals surface area contributed by atoms with E-state index in [-0.39, 0.29) is 11.1 Å². The summed E-state index contributed by atoms with van der Waals surface area (Å²) in [6.45, 7) is 1.79. The van der Waals surface area contributed by atoms with Crippen molar-refractivity contribution in [3.8, 4) is 0 Å². The van der Waals surface area contributed by atoms with Crippen LogP contribution in [0.5, 0.6) is 0 Å². The van der Waals surface area contributed by atoms with E-state index in [1.165, 1.54) is 30.3 Å². The Labute approximate surface area is 109 Å². The first-order chi connectivity index (χ1) is 8.99. The van der Waals surface area contributed by atoms with Crippen LogP contribution in [-0.4, -0.2) is 5.11 Å². The molecule has 1 N–H and O–H groups in total. The molecule has 4 heteroatoms. The monoisotopic (exact) mass is 266 g/mol. The van der Waals surface area contributed by atoms with Crippen LogP contribution in [0.1, 0.15) is 34.8 Å². The number of rotatable bonds is 3. The van der Waals surface area contributed by atoms with Crippen LogP contribution in [0.2, 0.25) is 0 Å². The Hall–Kier alpha value is -1.81. The van der Waals surface area contributed by atoms with Crippen LogP contribution in [0, 0.1) is 12.7 Å². The highest BCUT2D eigenvalue weighted by Gasteiger charge is 2.16. The number of halogens is 3. The van der Waals surface area contributed by atoms with E-state index in [4.69, 9.17) is 0 Å². The first-order valence-electron chi connectivity index (χ1n) is 5.81. The summed E-state index contributed by atoms with van der Waals surface area (Å²) in [5.41, 5.74) is 1.22. The zero-order valence-corrected chi connectivity index (χ0v) is 10.3. The lowest BCUT2D eigenvalue weighted by atomic mass is 9.98. The zero-order valence-electron chi connectivity index (χ0n) is 10.3. The molecule has 0 aliphatic heterocycles. The molecule has 2 aromatic rings. The Kier molecular flexibility index (Phi) is 3.90. The van der Waals surface area contributed by atoms with E-state index in [0.717, 1.165) is 5.56 Å². The predicted molar refractivity (Wildman–Crippen MR) is 66.6 cm³/mol. The molecule has 100 valence electrons. The Bertz CT molecular complexity index is 564. The third-order valence-electron chi connectivity index (χ3n) is 2.95. The lowest BCUT2D eigenvalue weighted by Gasteiger charge is -2.13. The van der Waals surface area contributed by atoms with E-state index in [0.29, 0.717) is 5.56 Å². The molecule has 0 radical (unpaired) electrons. The Morgan fingerprint density at radius 2 is 1.53 bits per heavy atom.